The minimum absolute atomic E-state index is 0.131. The molecule has 4 N–H and O–H groups in total. The fraction of sp³-hybridized carbons (Fsp3) is 0.429. The fourth-order valence-corrected chi connectivity index (χ4v) is 1.81. The van der Waals surface area contributed by atoms with Crippen molar-refractivity contribution in [3.8, 4) is 5.75 Å². The molecule has 5 heteroatoms. The van der Waals surface area contributed by atoms with Crippen molar-refractivity contribution in [1.82, 2.24) is 0 Å². The predicted molar refractivity (Wildman–Crippen MR) is 70.8 cm³/mol. The highest BCUT2D eigenvalue weighted by atomic mass is 16.4. The second-order valence-corrected chi connectivity index (χ2v) is 4.70. The number of aliphatic carboxylic acids is 1. The van der Waals surface area contributed by atoms with Gasteiger partial charge in [0.15, 0.2) is 0 Å². The Labute approximate surface area is 112 Å². The molecule has 5 nitrogen and oxygen atoms in total. The SMILES string of the molecule is CC(=O)[C@@H](N)CC[C@@H](Cc1ccc(O)cc1)C(=O)O. The number of hydrogen-bond acceptors (Lipinski definition) is 4. The molecule has 2 atom stereocenters. The van der Waals surface area contributed by atoms with Crippen molar-refractivity contribution in [2.75, 3.05) is 0 Å². The third-order valence-corrected chi connectivity index (χ3v) is 3.12. The van der Waals surface area contributed by atoms with Crippen molar-refractivity contribution < 1.29 is 19.8 Å². The maximum Gasteiger partial charge on any atom is 0.306 e. The molecule has 0 bridgehead atoms. The number of aromatic hydroxyl groups is 1. The Balaban J connectivity index is 2.60. The van der Waals surface area contributed by atoms with Gasteiger partial charge >= 0.3 is 5.97 Å². The van der Waals surface area contributed by atoms with Crippen LogP contribution >= 0.6 is 0 Å². The van der Waals surface area contributed by atoms with E-state index in [0.29, 0.717) is 19.3 Å². The summed E-state index contributed by atoms with van der Waals surface area (Å²) < 4.78 is 0. The molecule has 0 saturated carbocycles. The fourth-order valence-electron chi connectivity index (χ4n) is 1.81. The zero-order chi connectivity index (χ0) is 14.4. The van der Waals surface area contributed by atoms with E-state index in [4.69, 9.17) is 15.9 Å². The van der Waals surface area contributed by atoms with Gasteiger partial charge in [-0.05, 0) is 43.9 Å². The van der Waals surface area contributed by atoms with E-state index in [2.05, 4.69) is 0 Å². The third-order valence-electron chi connectivity index (χ3n) is 3.12. The quantitative estimate of drug-likeness (QED) is 0.690. The standard InChI is InChI=1S/C14H19NO4/c1-9(16)13(15)7-4-11(14(18)19)8-10-2-5-12(17)6-3-10/h2-3,5-6,11,13,17H,4,7-8,15H2,1H3,(H,18,19)/t11-,13-/m0/s1. The first-order valence-electron chi connectivity index (χ1n) is 6.17. The monoisotopic (exact) mass is 265 g/mol. The van der Waals surface area contributed by atoms with Gasteiger partial charge < -0.3 is 15.9 Å². The number of Topliss-reactive ketones (excluding diaryl/α,β-unsaturated/α-hetero) is 1. The van der Waals surface area contributed by atoms with Gasteiger partial charge in [0.05, 0.1) is 12.0 Å². The first-order valence-corrected chi connectivity index (χ1v) is 6.17. The first kappa shape index (κ1) is 15.2. The number of nitrogens with two attached hydrogens (primary N) is 1. The summed E-state index contributed by atoms with van der Waals surface area (Å²) in [5.41, 5.74) is 6.44. The van der Waals surface area contributed by atoms with Crippen molar-refractivity contribution in [2.24, 2.45) is 11.7 Å². The molecule has 19 heavy (non-hydrogen) atoms. The lowest BCUT2D eigenvalue weighted by atomic mass is 9.92. The molecule has 1 aromatic carbocycles. The summed E-state index contributed by atoms with van der Waals surface area (Å²) in [5.74, 6) is -1.46. The van der Waals surface area contributed by atoms with Crippen molar-refractivity contribution in [3.05, 3.63) is 29.8 Å². The number of carboxylic acid groups (broad SMARTS) is 1. The van der Waals surface area contributed by atoms with Crippen LogP contribution in [0, 0.1) is 5.92 Å². The summed E-state index contributed by atoms with van der Waals surface area (Å²) in [5, 5.41) is 18.3. The van der Waals surface area contributed by atoms with Crippen LogP contribution in [0.1, 0.15) is 25.3 Å². The highest BCUT2D eigenvalue weighted by Crippen LogP contribution is 2.18. The van der Waals surface area contributed by atoms with E-state index < -0.39 is 17.9 Å². The van der Waals surface area contributed by atoms with Crippen LogP contribution in [0.25, 0.3) is 0 Å². The number of phenolic OH excluding ortho intramolecular Hbond substituents is 1. The highest BCUT2D eigenvalue weighted by molar-refractivity contribution is 5.81. The largest absolute Gasteiger partial charge is 0.508 e. The molecule has 1 aromatic rings. The van der Waals surface area contributed by atoms with E-state index in [1.54, 1.807) is 12.1 Å². The van der Waals surface area contributed by atoms with Gasteiger partial charge in [-0.3, -0.25) is 9.59 Å². The van der Waals surface area contributed by atoms with Crippen LogP contribution in [0.5, 0.6) is 5.75 Å². The summed E-state index contributed by atoms with van der Waals surface area (Å²) in [7, 11) is 0. The Kier molecular flexibility index (Phi) is 5.51. The molecule has 104 valence electrons. The van der Waals surface area contributed by atoms with Gasteiger partial charge in [0.2, 0.25) is 0 Å². The van der Waals surface area contributed by atoms with Gasteiger partial charge in [-0.15, -0.1) is 0 Å². The lowest BCUT2D eigenvalue weighted by Gasteiger charge is -2.14. The third kappa shape index (κ3) is 5.09. The number of carbonyl (C=O) groups is 2. The molecule has 0 aromatic heterocycles. The molecule has 0 saturated heterocycles. The summed E-state index contributed by atoms with van der Waals surface area (Å²) >= 11 is 0. The Bertz CT molecular complexity index is 441. The van der Waals surface area contributed by atoms with Crippen LogP contribution in [0.2, 0.25) is 0 Å². The van der Waals surface area contributed by atoms with Gasteiger partial charge in [0.1, 0.15) is 11.5 Å². The van der Waals surface area contributed by atoms with Gasteiger partial charge in [-0.2, -0.15) is 0 Å². The molecule has 0 aliphatic rings. The van der Waals surface area contributed by atoms with Crippen molar-refractivity contribution >= 4 is 11.8 Å². The maximum absolute atomic E-state index is 11.2. The van der Waals surface area contributed by atoms with Gasteiger partial charge in [-0.25, -0.2) is 0 Å². The number of rotatable bonds is 7. The van der Waals surface area contributed by atoms with E-state index in [0.717, 1.165) is 5.56 Å². The average molecular weight is 265 g/mol. The van der Waals surface area contributed by atoms with Gasteiger partial charge in [-0.1, -0.05) is 12.1 Å². The molecule has 0 heterocycles. The minimum Gasteiger partial charge on any atom is -0.508 e. The van der Waals surface area contributed by atoms with Crippen LogP contribution in [0.4, 0.5) is 0 Å². The lowest BCUT2D eigenvalue weighted by molar-refractivity contribution is -0.142. The Morgan fingerprint density at radius 1 is 1.21 bits per heavy atom. The van der Waals surface area contributed by atoms with Crippen molar-refractivity contribution in [3.63, 3.8) is 0 Å². The van der Waals surface area contributed by atoms with Gasteiger partial charge in [0.25, 0.3) is 0 Å². The number of ketones is 1. The molecular weight excluding hydrogens is 246 g/mol. The van der Waals surface area contributed by atoms with E-state index in [9.17, 15) is 9.59 Å². The zero-order valence-electron chi connectivity index (χ0n) is 10.9. The lowest BCUT2D eigenvalue weighted by Crippen LogP contribution is -2.30. The van der Waals surface area contributed by atoms with Crippen LogP contribution in [0.15, 0.2) is 24.3 Å². The zero-order valence-corrected chi connectivity index (χ0v) is 10.9. The van der Waals surface area contributed by atoms with Crippen LogP contribution < -0.4 is 5.73 Å². The highest BCUT2D eigenvalue weighted by Gasteiger charge is 2.20. The second-order valence-electron chi connectivity index (χ2n) is 4.70. The van der Waals surface area contributed by atoms with Gasteiger partial charge in [0, 0.05) is 0 Å². The van der Waals surface area contributed by atoms with Crippen LogP contribution in [0.3, 0.4) is 0 Å². The van der Waals surface area contributed by atoms with Crippen LogP contribution in [-0.2, 0) is 16.0 Å². The second kappa shape index (κ2) is 6.89. The topological polar surface area (TPSA) is 101 Å². The molecule has 0 aliphatic carbocycles. The molecule has 0 spiro atoms. The number of phenols is 1. The average Bonchev–Trinajstić information content (AvgIpc) is 2.35. The number of hydrogen-bond donors (Lipinski definition) is 3. The smallest absolute Gasteiger partial charge is 0.306 e. The number of benzene rings is 1. The molecule has 0 fully saturated rings. The summed E-state index contributed by atoms with van der Waals surface area (Å²) in [6, 6.07) is 5.83. The molecule has 0 radical (unpaired) electrons. The van der Waals surface area contributed by atoms with E-state index in [1.165, 1.54) is 19.1 Å². The van der Waals surface area contributed by atoms with E-state index in [-0.39, 0.29) is 11.5 Å². The summed E-state index contributed by atoms with van der Waals surface area (Å²) in [6.07, 6.45) is 1.08. The minimum atomic E-state index is -0.899. The Hall–Kier alpha value is -1.88. The first-order chi connectivity index (χ1) is 8.90. The molecule has 0 aliphatic heterocycles. The molecule has 0 amide bonds. The van der Waals surface area contributed by atoms with Crippen molar-refractivity contribution in [2.45, 2.75) is 32.2 Å². The van der Waals surface area contributed by atoms with Crippen molar-refractivity contribution in [1.29, 1.82) is 0 Å². The summed E-state index contributed by atoms with van der Waals surface area (Å²) in [6.45, 7) is 1.40. The number of carbonyl (C=O) groups excluding carboxylic acids is 1. The molecule has 1 rings (SSSR count). The Morgan fingerprint density at radius 2 is 1.79 bits per heavy atom. The van der Waals surface area contributed by atoms with Crippen LogP contribution in [-0.4, -0.2) is 28.0 Å². The number of carboxylic acids is 1. The molecular formula is C14H19NO4. The molecule has 0 unspecified atom stereocenters. The Morgan fingerprint density at radius 3 is 2.26 bits per heavy atom. The summed E-state index contributed by atoms with van der Waals surface area (Å²) in [4.78, 5) is 22.2. The van der Waals surface area contributed by atoms with E-state index in [1.807, 2.05) is 0 Å². The predicted octanol–water partition coefficient (Wildman–Crippen LogP) is 1.33. The van der Waals surface area contributed by atoms with E-state index >= 15 is 0 Å². The normalized spacial score (nSPS) is 13.8. The maximum atomic E-state index is 11.2.